The lowest BCUT2D eigenvalue weighted by molar-refractivity contribution is 0.0696. The average Bonchev–Trinajstić information content (AvgIpc) is 2.29. The van der Waals surface area contributed by atoms with Crippen LogP contribution in [0.3, 0.4) is 0 Å². The summed E-state index contributed by atoms with van der Waals surface area (Å²) in [6, 6.07) is 2.63. The maximum absolute atomic E-state index is 11.3. The van der Waals surface area contributed by atoms with Crippen molar-refractivity contribution < 1.29 is 9.90 Å². The van der Waals surface area contributed by atoms with E-state index in [2.05, 4.69) is 4.98 Å². The van der Waals surface area contributed by atoms with Crippen molar-refractivity contribution in [3.8, 4) is 0 Å². The predicted molar refractivity (Wildman–Crippen MR) is 60.1 cm³/mol. The molecule has 0 amide bonds. The van der Waals surface area contributed by atoms with E-state index in [1.54, 1.807) is 0 Å². The molecule has 5 nitrogen and oxygen atoms in total. The molecule has 0 aliphatic carbocycles. The fourth-order valence-electron chi connectivity index (χ4n) is 1.96. The smallest absolute Gasteiger partial charge is 0.336 e. The highest BCUT2D eigenvalue weighted by atomic mass is 16.4. The monoisotopic (exact) mass is 222 g/mol. The SMILES string of the molecule is O=C(O)c1cc(N2CCCCC2)[nH]c(=O)c1. The third kappa shape index (κ3) is 2.24. The number of piperidine rings is 1. The Kier molecular flexibility index (Phi) is 2.94. The molecular weight excluding hydrogens is 208 g/mol. The van der Waals surface area contributed by atoms with Crippen molar-refractivity contribution in [2.75, 3.05) is 18.0 Å². The van der Waals surface area contributed by atoms with Gasteiger partial charge in [0.2, 0.25) is 5.56 Å². The van der Waals surface area contributed by atoms with Gasteiger partial charge in [-0.3, -0.25) is 4.79 Å². The van der Waals surface area contributed by atoms with Crippen LogP contribution in [0.4, 0.5) is 5.82 Å². The molecule has 1 aliphatic rings. The number of rotatable bonds is 2. The second kappa shape index (κ2) is 4.38. The quantitative estimate of drug-likeness (QED) is 0.784. The minimum atomic E-state index is -1.07. The lowest BCUT2D eigenvalue weighted by Crippen LogP contribution is -2.31. The zero-order valence-corrected chi connectivity index (χ0v) is 8.90. The molecule has 0 spiro atoms. The Balaban J connectivity index is 2.32. The molecule has 0 bridgehead atoms. The van der Waals surface area contributed by atoms with Gasteiger partial charge in [-0.2, -0.15) is 0 Å². The van der Waals surface area contributed by atoms with Crippen LogP contribution in [0.2, 0.25) is 0 Å². The first-order valence-corrected chi connectivity index (χ1v) is 5.39. The molecular formula is C11H14N2O3. The van der Waals surface area contributed by atoms with Gasteiger partial charge in [0.25, 0.3) is 0 Å². The second-order valence-electron chi connectivity index (χ2n) is 3.97. The van der Waals surface area contributed by atoms with Gasteiger partial charge < -0.3 is 15.0 Å². The van der Waals surface area contributed by atoms with Crippen LogP contribution in [0.25, 0.3) is 0 Å². The minimum absolute atomic E-state index is 0.0457. The van der Waals surface area contributed by atoms with Gasteiger partial charge in [0.05, 0.1) is 5.56 Å². The van der Waals surface area contributed by atoms with Crippen molar-refractivity contribution in [3.05, 3.63) is 28.0 Å². The highest BCUT2D eigenvalue weighted by Crippen LogP contribution is 2.17. The van der Waals surface area contributed by atoms with Crippen molar-refractivity contribution in [1.29, 1.82) is 0 Å². The number of aromatic amines is 1. The highest BCUT2D eigenvalue weighted by molar-refractivity contribution is 5.88. The predicted octanol–water partition coefficient (Wildman–Crippen LogP) is 1.06. The van der Waals surface area contributed by atoms with E-state index in [-0.39, 0.29) is 11.1 Å². The Morgan fingerprint density at radius 3 is 2.56 bits per heavy atom. The summed E-state index contributed by atoms with van der Waals surface area (Å²) in [6.45, 7) is 1.75. The molecule has 1 saturated heterocycles. The van der Waals surface area contributed by atoms with Crippen LogP contribution in [0.1, 0.15) is 29.6 Å². The van der Waals surface area contributed by atoms with E-state index in [9.17, 15) is 9.59 Å². The molecule has 0 aromatic carbocycles. The lowest BCUT2D eigenvalue weighted by Gasteiger charge is -2.28. The van der Waals surface area contributed by atoms with E-state index in [0.29, 0.717) is 5.82 Å². The number of H-pyrrole nitrogens is 1. The molecule has 0 saturated carbocycles. The summed E-state index contributed by atoms with van der Waals surface area (Å²) in [5.74, 6) is -0.450. The molecule has 1 aromatic rings. The number of anilines is 1. The van der Waals surface area contributed by atoms with Crippen molar-refractivity contribution in [1.82, 2.24) is 4.98 Å². The molecule has 0 radical (unpaired) electrons. The Bertz CT molecular complexity index is 447. The van der Waals surface area contributed by atoms with Crippen LogP contribution in [-0.2, 0) is 0 Å². The summed E-state index contributed by atoms with van der Waals surface area (Å²) >= 11 is 0. The van der Waals surface area contributed by atoms with E-state index in [4.69, 9.17) is 5.11 Å². The Labute approximate surface area is 92.7 Å². The third-order valence-corrected chi connectivity index (χ3v) is 2.77. The first kappa shape index (κ1) is 10.7. The maximum atomic E-state index is 11.3. The fraction of sp³-hybridized carbons (Fsp3) is 0.455. The zero-order valence-electron chi connectivity index (χ0n) is 8.90. The number of nitrogens with zero attached hydrogens (tertiary/aromatic N) is 1. The number of carboxylic acids is 1. The number of aromatic nitrogens is 1. The van der Waals surface area contributed by atoms with E-state index in [1.165, 1.54) is 12.5 Å². The molecule has 0 unspecified atom stereocenters. The number of carbonyl (C=O) groups is 1. The fourth-order valence-corrected chi connectivity index (χ4v) is 1.96. The van der Waals surface area contributed by atoms with Gasteiger partial charge in [0.15, 0.2) is 0 Å². The molecule has 2 heterocycles. The summed E-state index contributed by atoms with van der Waals surface area (Å²) < 4.78 is 0. The Hall–Kier alpha value is -1.78. The third-order valence-electron chi connectivity index (χ3n) is 2.77. The van der Waals surface area contributed by atoms with Crippen LogP contribution < -0.4 is 10.5 Å². The Morgan fingerprint density at radius 1 is 1.25 bits per heavy atom. The van der Waals surface area contributed by atoms with Gasteiger partial charge in [-0.15, -0.1) is 0 Å². The van der Waals surface area contributed by atoms with Crippen molar-refractivity contribution in [2.45, 2.75) is 19.3 Å². The average molecular weight is 222 g/mol. The van der Waals surface area contributed by atoms with Gasteiger partial charge >= 0.3 is 5.97 Å². The first-order chi connectivity index (χ1) is 7.66. The number of pyridine rings is 1. The van der Waals surface area contributed by atoms with Crippen molar-refractivity contribution in [3.63, 3.8) is 0 Å². The maximum Gasteiger partial charge on any atom is 0.336 e. The first-order valence-electron chi connectivity index (χ1n) is 5.39. The number of carboxylic acid groups (broad SMARTS) is 1. The largest absolute Gasteiger partial charge is 0.478 e. The molecule has 86 valence electrons. The molecule has 16 heavy (non-hydrogen) atoms. The minimum Gasteiger partial charge on any atom is -0.478 e. The van der Waals surface area contributed by atoms with Crippen LogP contribution in [0.5, 0.6) is 0 Å². The zero-order chi connectivity index (χ0) is 11.5. The van der Waals surface area contributed by atoms with E-state index in [0.717, 1.165) is 32.0 Å². The molecule has 0 atom stereocenters. The summed E-state index contributed by atoms with van der Waals surface area (Å²) in [5.41, 5.74) is -0.315. The van der Waals surface area contributed by atoms with Gasteiger partial charge in [-0.05, 0) is 25.3 Å². The van der Waals surface area contributed by atoms with E-state index in [1.807, 2.05) is 4.90 Å². The summed E-state index contributed by atoms with van der Waals surface area (Å²) in [7, 11) is 0. The summed E-state index contributed by atoms with van der Waals surface area (Å²) in [4.78, 5) is 26.8. The number of hydrogen-bond acceptors (Lipinski definition) is 3. The summed E-state index contributed by atoms with van der Waals surface area (Å²) in [6.07, 6.45) is 3.36. The highest BCUT2D eigenvalue weighted by Gasteiger charge is 2.14. The van der Waals surface area contributed by atoms with Crippen molar-refractivity contribution >= 4 is 11.8 Å². The molecule has 5 heteroatoms. The van der Waals surface area contributed by atoms with Crippen LogP contribution in [0.15, 0.2) is 16.9 Å². The van der Waals surface area contributed by atoms with Crippen LogP contribution >= 0.6 is 0 Å². The number of aromatic carboxylic acids is 1. The van der Waals surface area contributed by atoms with E-state index < -0.39 is 5.97 Å². The molecule has 1 fully saturated rings. The molecule has 2 rings (SSSR count). The van der Waals surface area contributed by atoms with Gasteiger partial charge in [0.1, 0.15) is 5.82 Å². The lowest BCUT2D eigenvalue weighted by atomic mass is 10.1. The number of hydrogen-bond donors (Lipinski definition) is 2. The number of nitrogens with one attached hydrogen (secondary N) is 1. The van der Waals surface area contributed by atoms with Crippen LogP contribution in [-0.4, -0.2) is 29.1 Å². The van der Waals surface area contributed by atoms with Crippen molar-refractivity contribution in [2.24, 2.45) is 0 Å². The van der Waals surface area contributed by atoms with Crippen LogP contribution in [0, 0.1) is 0 Å². The van der Waals surface area contributed by atoms with E-state index >= 15 is 0 Å². The molecule has 1 aromatic heterocycles. The topological polar surface area (TPSA) is 73.4 Å². The van der Waals surface area contributed by atoms with Gasteiger partial charge in [-0.1, -0.05) is 0 Å². The molecule has 2 N–H and O–H groups in total. The second-order valence-corrected chi connectivity index (χ2v) is 3.97. The summed E-state index contributed by atoms with van der Waals surface area (Å²) in [5, 5.41) is 8.86. The van der Waals surface area contributed by atoms with Gasteiger partial charge in [-0.25, -0.2) is 4.79 Å². The van der Waals surface area contributed by atoms with Gasteiger partial charge in [0, 0.05) is 19.2 Å². The standard InChI is InChI=1S/C11H14N2O3/c14-10-7-8(11(15)16)6-9(12-10)13-4-2-1-3-5-13/h6-7H,1-5H2,(H,12,14)(H,15,16). The normalized spacial score (nSPS) is 16.1. The molecule has 1 aliphatic heterocycles. The Morgan fingerprint density at radius 2 is 1.94 bits per heavy atom.